The second kappa shape index (κ2) is 8.05. The Morgan fingerprint density at radius 1 is 1.03 bits per heavy atom. The fourth-order valence-corrected chi connectivity index (χ4v) is 5.20. The van der Waals surface area contributed by atoms with E-state index < -0.39 is 0 Å². The van der Waals surface area contributed by atoms with Crippen molar-refractivity contribution in [1.29, 1.82) is 0 Å². The van der Waals surface area contributed by atoms with Gasteiger partial charge in [0.25, 0.3) is 5.91 Å². The van der Waals surface area contributed by atoms with Crippen molar-refractivity contribution < 1.29 is 9.59 Å². The van der Waals surface area contributed by atoms with E-state index in [0.717, 1.165) is 41.8 Å². The number of rotatable bonds is 4. The summed E-state index contributed by atoms with van der Waals surface area (Å²) in [6.07, 6.45) is 3.09. The van der Waals surface area contributed by atoms with Crippen molar-refractivity contribution in [2.24, 2.45) is 5.41 Å². The molecule has 2 aliphatic rings. The normalized spacial score (nSPS) is 19.8. The van der Waals surface area contributed by atoms with Gasteiger partial charge in [-0.1, -0.05) is 62.4 Å². The predicted octanol–water partition coefficient (Wildman–Crippen LogP) is 5.06. The summed E-state index contributed by atoms with van der Waals surface area (Å²) in [5.41, 5.74) is 4.32. The third-order valence-electron chi connectivity index (χ3n) is 6.67. The minimum atomic E-state index is -0.154. The summed E-state index contributed by atoms with van der Waals surface area (Å²) in [6.45, 7) is 5.62. The molecular formula is C27H29N3O2. The second-order valence-corrected chi connectivity index (χ2v) is 9.81. The van der Waals surface area contributed by atoms with E-state index >= 15 is 0 Å². The molecule has 1 aliphatic heterocycles. The van der Waals surface area contributed by atoms with Gasteiger partial charge in [-0.3, -0.25) is 14.3 Å². The molecule has 1 amide bonds. The molecule has 0 saturated carbocycles. The van der Waals surface area contributed by atoms with Crippen LogP contribution in [0.3, 0.4) is 0 Å². The third-order valence-corrected chi connectivity index (χ3v) is 6.67. The summed E-state index contributed by atoms with van der Waals surface area (Å²) in [7, 11) is 0. The van der Waals surface area contributed by atoms with Crippen LogP contribution in [0.25, 0.3) is 0 Å². The van der Waals surface area contributed by atoms with Gasteiger partial charge < -0.3 is 4.90 Å². The summed E-state index contributed by atoms with van der Waals surface area (Å²) >= 11 is 0. The lowest BCUT2D eigenvalue weighted by Crippen LogP contribution is -2.32. The number of likely N-dealkylation sites (tertiary alicyclic amines) is 1. The molecule has 0 bridgehead atoms. The molecule has 164 valence electrons. The molecule has 5 heteroatoms. The molecule has 0 radical (unpaired) electrons. The van der Waals surface area contributed by atoms with Crippen LogP contribution in [0.4, 0.5) is 0 Å². The van der Waals surface area contributed by atoms with E-state index in [1.165, 1.54) is 0 Å². The maximum absolute atomic E-state index is 13.3. The Labute approximate surface area is 189 Å². The molecule has 0 N–H and O–H groups in total. The zero-order chi connectivity index (χ0) is 22.3. The number of hydrogen-bond donors (Lipinski definition) is 0. The maximum Gasteiger partial charge on any atom is 0.254 e. The highest BCUT2D eigenvalue weighted by atomic mass is 16.2. The molecule has 32 heavy (non-hydrogen) atoms. The molecule has 1 saturated heterocycles. The number of carbonyl (C=O) groups excluding carboxylic acids is 2. The molecule has 1 fully saturated rings. The summed E-state index contributed by atoms with van der Waals surface area (Å²) in [4.78, 5) is 28.5. The average molecular weight is 428 g/mol. The lowest BCUT2D eigenvalue weighted by molar-refractivity contribution is 0.0728. The second-order valence-electron chi connectivity index (χ2n) is 9.81. The van der Waals surface area contributed by atoms with Crippen molar-refractivity contribution in [2.45, 2.75) is 52.1 Å². The number of benzene rings is 2. The fraction of sp³-hybridized carbons (Fsp3) is 0.370. The van der Waals surface area contributed by atoms with Gasteiger partial charge >= 0.3 is 0 Å². The molecule has 1 aromatic heterocycles. The van der Waals surface area contributed by atoms with Crippen LogP contribution in [0.2, 0.25) is 0 Å². The van der Waals surface area contributed by atoms with Gasteiger partial charge in [0.05, 0.1) is 29.5 Å². The average Bonchev–Trinajstić information content (AvgIpc) is 3.39. The van der Waals surface area contributed by atoms with Crippen molar-refractivity contribution in [3.8, 4) is 0 Å². The predicted molar refractivity (Wildman–Crippen MR) is 124 cm³/mol. The van der Waals surface area contributed by atoms with E-state index in [-0.39, 0.29) is 23.1 Å². The summed E-state index contributed by atoms with van der Waals surface area (Å²) in [5, 5.41) is 5.01. The number of carbonyl (C=O) groups is 2. The van der Waals surface area contributed by atoms with Crippen molar-refractivity contribution >= 4 is 11.7 Å². The number of nitrogens with zero attached hydrogens (tertiary/aromatic N) is 3. The van der Waals surface area contributed by atoms with Gasteiger partial charge in [-0.05, 0) is 42.4 Å². The topological polar surface area (TPSA) is 55.2 Å². The Balaban J connectivity index is 1.56. The van der Waals surface area contributed by atoms with E-state index in [9.17, 15) is 9.59 Å². The van der Waals surface area contributed by atoms with Gasteiger partial charge in [0.15, 0.2) is 5.78 Å². The number of ketones is 1. The van der Waals surface area contributed by atoms with Crippen LogP contribution in [0, 0.1) is 5.41 Å². The van der Waals surface area contributed by atoms with Crippen LogP contribution >= 0.6 is 0 Å². The van der Waals surface area contributed by atoms with Gasteiger partial charge in [0.1, 0.15) is 0 Å². The molecule has 5 nitrogen and oxygen atoms in total. The van der Waals surface area contributed by atoms with Crippen LogP contribution in [0.5, 0.6) is 0 Å². The molecule has 0 unspecified atom stereocenters. The van der Waals surface area contributed by atoms with Crippen molar-refractivity contribution in [2.75, 3.05) is 6.54 Å². The highest BCUT2D eigenvalue weighted by Crippen LogP contribution is 2.41. The highest BCUT2D eigenvalue weighted by Gasteiger charge is 2.41. The fourth-order valence-electron chi connectivity index (χ4n) is 5.20. The van der Waals surface area contributed by atoms with E-state index in [4.69, 9.17) is 5.10 Å². The molecule has 3 aromatic rings. The molecule has 2 aromatic carbocycles. The largest absolute Gasteiger partial charge is 0.330 e. The van der Waals surface area contributed by atoms with Crippen LogP contribution in [0.1, 0.15) is 76.8 Å². The smallest absolute Gasteiger partial charge is 0.254 e. The quantitative estimate of drug-likeness (QED) is 0.585. The lowest BCUT2D eigenvalue weighted by Gasteiger charge is -2.30. The SMILES string of the molecule is CC1(C)CC(=O)c2c([C@@H]3CCCN3C(=O)c3ccccc3)nn(Cc3ccccc3)c2C1. The first-order chi connectivity index (χ1) is 15.4. The van der Waals surface area contributed by atoms with E-state index in [2.05, 4.69) is 26.0 Å². The first-order valence-corrected chi connectivity index (χ1v) is 11.5. The van der Waals surface area contributed by atoms with Crippen LogP contribution < -0.4 is 0 Å². The zero-order valence-corrected chi connectivity index (χ0v) is 18.8. The molecule has 1 atom stereocenters. The van der Waals surface area contributed by atoms with E-state index in [1.807, 2.05) is 58.1 Å². The zero-order valence-electron chi connectivity index (χ0n) is 18.8. The van der Waals surface area contributed by atoms with Crippen LogP contribution in [0.15, 0.2) is 60.7 Å². The van der Waals surface area contributed by atoms with Gasteiger partial charge in [0, 0.05) is 18.5 Å². The summed E-state index contributed by atoms with van der Waals surface area (Å²) in [5.74, 6) is 0.174. The first kappa shape index (κ1) is 20.7. The van der Waals surface area contributed by atoms with Crippen LogP contribution in [-0.2, 0) is 13.0 Å². The number of amides is 1. The highest BCUT2D eigenvalue weighted by molar-refractivity contribution is 6.00. The Morgan fingerprint density at radius 2 is 1.72 bits per heavy atom. The Bertz CT molecular complexity index is 1150. The number of hydrogen-bond acceptors (Lipinski definition) is 3. The minimum Gasteiger partial charge on any atom is -0.330 e. The number of aromatic nitrogens is 2. The van der Waals surface area contributed by atoms with Crippen molar-refractivity contribution in [3.63, 3.8) is 0 Å². The molecule has 5 rings (SSSR count). The Hall–Kier alpha value is -3.21. The van der Waals surface area contributed by atoms with E-state index in [0.29, 0.717) is 25.1 Å². The first-order valence-electron chi connectivity index (χ1n) is 11.5. The molecular weight excluding hydrogens is 398 g/mol. The van der Waals surface area contributed by atoms with Gasteiger partial charge in [-0.2, -0.15) is 5.10 Å². The van der Waals surface area contributed by atoms with E-state index in [1.54, 1.807) is 0 Å². The number of fused-ring (bicyclic) bond motifs is 1. The van der Waals surface area contributed by atoms with Gasteiger partial charge in [0.2, 0.25) is 0 Å². The molecule has 0 spiro atoms. The van der Waals surface area contributed by atoms with Crippen molar-refractivity contribution in [3.05, 3.63) is 88.7 Å². The monoisotopic (exact) mass is 427 g/mol. The maximum atomic E-state index is 13.3. The lowest BCUT2D eigenvalue weighted by atomic mass is 9.75. The number of Topliss-reactive ketones (excluding diaryl/α,β-unsaturated/α-hetero) is 1. The standard InChI is InChI=1S/C27H29N3O2/c1-27(2)16-22-24(23(31)17-27)25(28-30(22)18-19-10-5-3-6-11-19)21-14-9-15-29(21)26(32)20-12-7-4-8-13-20/h3-8,10-13,21H,9,14-18H2,1-2H3/t21-/m0/s1. The summed E-state index contributed by atoms with van der Waals surface area (Å²) in [6, 6.07) is 19.5. The Morgan fingerprint density at radius 3 is 2.44 bits per heavy atom. The third kappa shape index (κ3) is 3.77. The van der Waals surface area contributed by atoms with Gasteiger partial charge in [-0.25, -0.2) is 0 Å². The van der Waals surface area contributed by atoms with Crippen molar-refractivity contribution in [1.82, 2.24) is 14.7 Å². The Kier molecular flexibility index (Phi) is 5.20. The van der Waals surface area contributed by atoms with Gasteiger partial charge in [-0.15, -0.1) is 0 Å². The van der Waals surface area contributed by atoms with Crippen LogP contribution in [-0.4, -0.2) is 32.9 Å². The summed E-state index contributed by atoms with van der Waals surface area (Å²) < 4.78 is 2.02. The molecule has 1 aliphatic carbocycles. The molecule has 2 heterocycles. The minimum absolute atomic E-state index is 0.0167.